The van der Waals surface area contributed by atoms with Crippen molar-refractivity contribution in [3.05, 3.63) is 89.3 Å². The minimum absolute atomic E-state index is 0.0506. The van der Waals surface area contributed by atoms with Gasteiger partial charge in [0.05, 0.1) is 37.9 Å². The number of nitrogens with one attached hydrogen (secondary N) is 4. The first-order chi connectivity index (χ1) is 26.1. The summed E-state index contributed by atoms with van der Waals surface area (Å²) in [4.78, 5) is 62.5. The maximum atomic E-state index is 12.8. The van der Waals surface area contributed by atoms with Gasteiger partial charge in [-0.15, -0.1) is 0 Å². The van der Waals surface area contributed by atoms with E-state index in [0.717, 1.165) is 6.42 Å². The van der Waals surface area contributed by atoms with Crippen molar-refractivity contribution in [3.63, 3.8) is 0 Å². The lowest BCUT2D eigenvalue weighted by atomic mass is 9.93. The predicted octanol–water partition coefficient (Wildman–Crippen LogP) is 4.63. The van der Waals surface area contributed by atoms with Gasteiger partial charge in [0, 0.05) is 6.07 Å². The monoisotopic (exact) mass is 765 g/mol. The Hall–Kier alpha value is -4.88. The number of aliphatic hydroxyl groups excluding tert-OH is 1. The van der Waals surface area contributed by atoms with Gasteiger partial charge in [0.1, 0.15) is 18.2 Å². The Morgan fingerprint density at radius 3 is 1.75 bits per heavy atom. The Morgan fingerprint density at radius 2 is 1.31 bits per heavy atom. The number of carbonyl (C=O) groups excluding carboxylic acids is 5. The Morgan fingerprint density at radius 1 is 0.800 bits per heavy atom. The average Bonchev–Trinajstić information content (AvgIpc) is 3.76. The van der Waals surface area contributed by atoms with E-state index < -0.39 is 41.3 Å². The van der Waals surface area contributed by atoms with Gasteiger partial charge >= 0.3 is 0 Å². The molecule has 2 heterocycles. The van der Waals surface area contributed by atoms with E-state index >= 15 is 0 Å². The molecule has 0 saturated carbocycles. The van der Waals surface area contributed by atoms with Crippen molar-refractivity contribution in [2.75, 3.05) is 19.7 Å². The Bertz CT molecular complexity index is 1570. The molecule has 0 bridgehead atoms. The molecule has 304 valence electrons. The van der Waals surface area contributed by atoms with Crippen LogP contribution in [0.1, 0.15) is 90.8 Å². The summed E-state index contributed by atoms with van der Waals surface area (Å²) in [7, 11) is 0. The van der Waals surface area contributed by atoms with Gasteiger partial charge < -0.3 is 35.6 Å². The van der Waals surface area contributed by atoms with E-state index in [-0.39, 0.29) is 49.5 Å². The minimum Gasteiger partial charge on any atom is -0.388 e. The first-order valence-corrected chi connectivity index (χ1v) is 19.1. The molecule has 5 N–H and O–H groups in total. The van der Waals surface area contributed by atoms with Crippen LogP contribution in [-0.4, -0.2) is 77.1 Å². The summed E-state index contributed by atoms with van der Waals surface area (Å²) in [5.41, 5.74) is 2.16. The largest absolute Gasteiger partial charge is 0.388 e. The maximum Gasteiger partial charge on any atom is 0.243 e. The lowest BCUT2D eigenvalue weighted by Gasteiger charge is -2.22. The summed E-state index contributed by atoms with van der Waals surface area (Å²) in [5, 5.41) is 22.8. The van der Waals surface area contributed by atoms with Crippen LogP contribution in [0.4, 0.5) is 0 Å². The molecule has 13 heteroatoms. The van der Waals surface area contributed by atoms with Crippen LogP contribution in [-0.2, 0) is 48.2 Å². The number of aromatic nitrogens is 1. The molecule has 4 amide bonds. The van der Waals surface area contributed by atoms with Crippen LogP contribution < -0.4 is 21.3 Å². The van der Waals surface area contributed by atoms with Gasteiger partial charge in [-0.2, -0.15) is 0 Å². The number of hydrogen-bond donors (Lipinski definition) is 5. The number of amides is 4. The molecule has 55 heavy (non-hydrogen) atoms. The van der Waals surface area contributed by atoms with Gasteiger partial charge in [0.25, 0.3) is 0 Å². The molecule has 0 aliphatic carbocycles. The molecular formula is C42H63N5O8. The third-order valence-corrected chi connectivity index (χ3v) is 7.98. The molecule has 1 aromatic heterocycles. The second kappa shape index (κ2) is 26.0. The molecule has 0 spiro atoms. The van der Waals surface area contributed by atoms with Crippen LogP contribution in [0.25, 0.3) is 0 Å². The minimum atomic E-state index is -0.929. The SMILES string of the molecule is CC.CC(C)CC(NC(=O)CNC(=O)Cc1cc(CO)on1)C(=O)NCC(=O)NC(CC(C)C)C(=O)C1(C)CO1.CCc1ccccc1.Cc1ccccc1. The lowest BCUT2D eigenvalue weighted by molar-refractivity contribution is -0.132. The first-order valence-electron chi connectivity index (χ1n) is 19.1. The summed E-state index contributed by atoms with van der Waals surface area (Å²) >= 11 is 0. The summed E-state index contributed by atoms with van der Waals surface area (Å²) in [6.45, 7) is 16.8. The van der Waals surface area contributed by atoms with Crippen molar-refractivity contribution in [3.8, 4) is 0 Å². The number of hydrogen-bond acceptors (Lipinski definition) is 9. The number of aliphatic hydroxyl groups is 1. The van der Waals surface area contributed by atoms with Crippen LogP contribution in [0.3, 0.4) is 0 Å². The number of benzene rings is 2. The van der Waals surface area contributed by atoms with Crippen LogP contribution >= 0.6 is 0 Å². The van der Waals surface area contributed by atoms with E-state index in [1.54, 1.807) is 6.92 Å². The molecule has 13 nitrogen and oxygen atoms in total. The molecule has 2 aromatic carbocycles. The summed E-state index contributed by atoms with van der Waals surface area (Å²) in [6, 6.07) is 20.5. The summed E-state index contributed by atoms with van der Waals surface area (Å²) in [5.74, 6) is -1.94. The van der Waals surface area contributed by atoms with Crippen molar-refractivity contribution in [2.24, 2.45) is 11.8 Å². The highest BCUT2D eigenvalue weighted by Gasteiger charge is 2.50. The fourth-order valence-electron chi connectivity index (χ4n) is 4.97. The molecule has 1 aliphatic rings. The van der Waals surface area contributed by atoms with E-state index in [1.165, 1.54) is 17.2 Å². The molecule has 3 aromatic rings. The van der Waals surface area contributed by atoms with E-state index in [0.29, 0.717) is 25.1 Å². The number of nitrogens with zero attached hydrogens (tertiary/aromatic N) is 1. The van der Waals surface area contributed by atoms with E-state index in [2.05, 4.69) is 76.7 Å². The fourth-order valence-corrected chi connectivity index (χ4v) is 4.97. The fraction of sp³-hybridized carbons (Fsp3) is 0.524. The molecule has 1 fully saturated rings. The smallest absolute Gasteiger partial charge is 0.243 e. The molecule has 0 radical (unpaired) electrons. The van der Waals surface area contributed by atoms with E-state index in [4.69, 9.17) is 14.4 Å². The van der Waals surface area contributed by atoms with Gasteiger partial charge in [-0.05, 0) is 50.5 Å². The van der Waals surface area contributed by atoms with Crippen molar-refractivity contribution in [1.82, 2.24) is 26.4 Å². The van der Waals surface area contributed by atoms with Crippen molar-refractivity contribution < 1.29 is 38.3 Å². The number of epoxide rings is 1. The quantitative estimate of drug-likeness (QED) is 0.122. The maximum absolute atomic E-state index is 12.8. The highest BCUT2D eigenvalue weighted by Crippen LogP contribution is 2.29. The van der Waals surface area contributed by atoms with Crippen molar-refractivity contribution in [1.29, 1.82) is 0 Å². The van der Waals surface area contributed by atoms with Gasteiger partial charge in [0.2, 0.25) is 23.6 Å². The Labute approximate surface area is 326 Å². The highest BCUT2D eigenvalue weighted by molar-refractivity contribution is 5.97. The molecular weight excluding hydrogens is 702 g/mol. The lowest BCUT2D eigenvalue weighted by Crippen LogP contribution is -2.53. The van der Waals surface area contributed by atoms with Gasteiger partial charge in [-0.3, -0.25) is 24.0 Å². The average molecular weight is 766 g/mol. The van der Waals surface area contributed by atoms with Crippen LogP contribution in [0.2, 0.25) is 0 Å². The van der Waals surface area contributed by atoms with E-state index in [9.17, 15) is 24.0 Å². The topological polar surface area (TPSA) is 192 Å². The van der Waals surface area contributed by atoms with E-state index in [1.807, 2.05) is 65.8 Å². The number of Topliss-reactive ketones (excluding diaryl/α,β-unsaturated/α-hetero) is 1. The third kappa shape index (κ3) is 20.4. The Balaban J connectivity index is 0.000000723. The first kappa shape index (κ1) is 48.1. The molecule has 4 rings (SSSR count). The number of ketones is 1. The zero-order valence-electron chi connectivity index (χ0n) is 34.1. The zero-order valence-corrected chi connectivity index (χ0v) is 34.1. The normalized spacial score (nSPS) is 15.0. The highest BCUT2D eigenvalue weighted by atomic mass is 16.6. The van der Waals surface area contributed by atoms with Crippen LogP contribution in [0.15, 0.2) is 71.3 Å². The van der Waals surface area contributed by atoms with Crippen molar-refractivity contribution in [2.45, 2.75) is 112 Å². The second-order valence-corrected chi connectivity index (χ2v) is 14.0. The third-order valence-electron chi connectivity index (χ3n) is 7.98. The molecule has 3 atom stereocenters. The Kier molecular flexibility index (Phi) is 22.8. The molecule has 1 saturated heterocycles. The number of aryl methyl sites for hydroxylation is 2. The van der Waals surface area contributed by atoms with Crippen molar-refractivity contribution >= 4 is 29.4 Å². The van der Waals surface area contributed by atoms with Gasteiger partial charge in [-0.25, -0.2) is 0 Å². The van der Waals surface area contributed by atoms with Gasteiger partial charge in [-0.1, -0.05) is 120 Å². The number of carbonyl (C=O) groups is 5. The summed E-state index contributed by atoms with van der Waals surface area (Å²) in [6.07, 6.45) is 1.74. The second-order valence-electron chi connectivity index (χ2n) is 14.0. The van der Waals surface area contributed by atoms with Crippen LogP contribution in [0, 0.1) is 18.8 Å². The van der Waals surface area contributed by atoms with Crippen LogP contribution in [0.5, 0.6) is 0 Å². The van der Waals surface area contributed by atoms with Gasteiger partial charge in [0.15, 0.2) is 11.5 Å². The zero-order chi connectivity index (χ0) is 41.4. The number of rotatable bonds is 17. The molecule has 1 aliphatic heterocycles. The molecule has 3 unspecified atom stereocenters. The standard InChI is InChI=1S/C25H39N5O8.C8H10.C7H8.C2H6/c1-14(2)6-18(23(35)25(5)13-37-25)28-22(34)11-27-24(36)19(7-15(3)4)29-21(33)10-26-20(32)9-16-8-17(12-31)38-30-16;1-2-8-6-4-3-5-7-8;1-7-5-3-2-4-6-7;1-2/h8,14-15,18-19,31H,6-7,9-13H2,1-5H3,(H,26,32)(H,27,36)(H,28,34)(H,29,33);3-7H,2H2,1H3;2-6H,1H3;1-2H3. The summed E-state index contributed by atoms with van der Waals surface area (Å²) < 4.78 is 10.0. The predicted molar refractivity (Wildman–Crippen MR) is 213 cm³/mol. The number of ether oxygens (including phenoxy) is 1.